The third-order valence-electron chi connectivity index (χ3n) is 2.48. The Morgan fingerprint density at radius 1 is 1.30 bits per heavy atom. The molecule has 0 radical (unpaired) electrons. The van der Waals surface area contributed by atoms with E-state index in [0.29, 0.717) is 5.56 Å². The maximum absolute atomic E-state index is 13.6. The average Bonchev–Trinajstić information content (AvgIpc) is 2.35. The molecule has 0 fully saturated rings. The van der Waals surface area contributed by atoms with E-state index >= 15 is 0 Å². The van der Waals surface area contributed by atoms with E-state index in [1.807, 2.05) is 0 Å². The first-order valence-electron chi connectivity index (χ1n) is 5.53. The first-order chi connectivity index (χ1) is 9.11. The predicted octanol–water partition coefficient (Wildman–Crippen LogP) is 3.14. The van der Waals surface area contributed by atoms with Crippen LogP contribution >= 0.6 is 11.6 Å². The van der Waals surface area contributed by atoms with Crippen LogP contribution < -0.4 is 0 Å². The molecule has 0 aliphatic heterocycles. The van der Waals surface area contributed by atoms with Gasteiger partial charge >= 0.3 is 6.18 Å². The number of alkyl halides is 4. The molecule has 0 aliphatic rings. The van der Waals surface area contributed by atoms with E-state index < -0.39 is 40.0 Å². The molecule has 0 amide bonds. The maximum atomic E-state index is 13.6. The minimum atomic E-state index is -4.70. The van der Waals surface area contributed by atoms with E-state index in [9.17, 15) is 26.0 Å². The van der Waals surface area contributed by atoms with Gasteiger partial charge in [0.05, 0.1) is 0 Å². The molecule has 0 atom stereocenters. The van der Waals surface area contributed by atoms with Gasteiger partial charge in [0.15, 0.2) is 0 Å². The van der Waals surface area contributed by atoms with Crippen LogP contribution in [0.2, 0.25) is 0 Å². The molecule has 0 bridgehead atoms. The fraction of sp³-hybridized carbons (Fsp3) is 0.455. The number of sulfonamides is 1. The van der Waals surface area contributed by atoms with Gasteiger partial charge in [0.25, 0.3) is 0 Å². The largest absolute Gasteiger partial charge is 0.402 e. The minimum absolute atomic E-state index is 0.0752. The molecule has 0 heterocycles. The molecule has 0 spiro atoms. The second-order valence-corrected chi connectivity index (χ2v) is 6.12. The summed E-state index contributed by atoms with van der Waals surface area (Å²) in [6.07, 6.45) is -4.70. The van der Waals surface area contributed by atoms with E-state index in [0.717, 1.165) is 12.1 Å². The van der Waals surface area contributed by atoms with Crippen molar-refractivity contribution in [2.45, 2.75) is 23.9 Å². The Bertz CT molecular complexity index is 574. The van der Waals surface area contributed by atoms with Gasteiger partial charge in [-0.25, -0.2) is 12.8 Å². The number of hydrogen-bond acceptors (Lipinski definition) is 2. The Balaban J connectivity index is 3.27. The van der Waals surface area contributed by atoms with Crippen molar-refractivity contribution in [3.05, 3.63) is 29.6 Å². The molecular formula is C11H12ClF4NO2S. The van der Waals surface area contributed by atoms with Gasteiger partial charge < -0.3 is 0 Å². The Hall–Kier alpha value is -0.860. The summed E-state index contributed by atoms with van der Waals surface area (Å²) in [6, 6.07) is 3.07. The highest BCUT2D eigenvalue weighted by Gasteiger charge is 2.37. The van der Waals surface area contributed by atoms with Gasteiger partial charge in [0, 0.05) is 12.4 Å². The second kappa shape index (κ2) is 6.28. The zero-order valence-electron chi connectivity index (χ0n) is 10.4. The van der Waals surface area contributed by atoms with Gasteiger partial charge in [0.2, 0.25) is 10.0 Å². The number of rotatable bonds is 5. The Morgan fingerprint density at radius 3 is 2.35 bits per heavy atom. The number of hydrogen-bond donors (Lipinski definition) is 0. The molecule has 0 N–H and O–H groups in total. The molecule has 0 saturated heterocycles. The third kappa shape index (κ3) is 4.07. The van der Waals surface area contributed by atoms with Crippen LogP contribution in [0.4, 0.5) is 17.6 Å². The van der Waals surface area contributed by atoms with Crippen LogP contribution in [0.3, 0.4) is 0 Å². The second-order valence-electron chi connectivity index (χ2n) is 3.94. The summed E-state index contributed by atoms with van der Waals surface area (Å²) in [4.78, 5) is -0.804. The number of halogens is 5. The normalized spacial score (nSPS) is 12.9. The van der Waals surface area contributed by atoms with Crippen LogP contribution in [-0.4, -0.2) is 32.0 Å². The standard InChI is InChI=1S/C11H12ClF4NO2S/c1-2-17(7-11(14,15)16)20(18,19)10-5-8(6-12)3-4-9(10)13/h3-5H,2,6-7H2,1H3. The molecule has 0 unspecified atom stereocenters. The van der Waals surface area contributed by atoms with Gasteiger partial charge in [-0.1, -0.05) is 13.0 Å². The van der Waals surface area contributed by atoms with Gasteiger partial charge in [-0.2, -0.15) is 17.5 Å². The van der Waals surface area contributed by atoms with Crippen molar-refractivity contribution in [1.82, 2.24) is 4.31 Å². The van der Waals surface area contributed by atoms with E-state index in [4.69, 9.17) is 11.6 Å². The molecule has 9 heteroatoms. The first-order valence-corrected chi connectivity index (χ1v) is 7.50. The molecule has 114 valence electrons. The predicted molar refractivity (Wildman–Crippen MR) is 66.4 cm³/mol. The van der Waals surface area contributed by atoms with Crippen molar-refractivity contribution in [3.63, 3.8) is 0 Å². The Kier molecular flexibility index (Phi) is 5.39. The van der Waals surface area contributed by atoms with E-state index in [1.54, 1.807) is 0 Å². The van der Waals surface area contributed by atoms with Crippen molar-refractivity contribution < 1.29 is 26.0 Å². The summed E-state index contributed by atoms with van der Waals surface area (Å²) in [7, 11) is -4.57. The van der Waals surface area contributed by atoms with Gasteiger partial charge in [-0.05, 0) is 17.7 Å². The molecule has 0 aliphatic carbocycles. The number of nitrogens with zero attached hydrogens (tertiary/aromatic N) is 1. The average molecular weight is 334 g/mol. The fourth-order valence-electron chi connectivity index (χ4n) is 1.53. The smallest absolute Gasteiger partial charge is 0.207 e. The molecule has 1 rings (SSSR count). The van der Waals surface area contributed by atoms with Crippen LogP contribution in [0.5, 0.6) is 0 Å². The minimum Gasteiger partial charge on any atom is -0.207 e. The zero-order chi connectivity index (χ0) is 15.6. The summed E-state index contributed by atoms with van der Waals surface area (Å²) in [5.74, 6) is -1.19. The quantitative estimate of drug-likeness (QED) is 0.613. The van der Waals surface area contributed by atoms with Crippen molar-refractivity contribution >= 4 is 21.6 Å². The highest BCUT2D eigenvalue weighted by molar-refractivity contribution is 7.89. The lowest BCUT2D eigenvalue weighted by Gasteiger charge is -2.22. The molecular weight excluding hydrogens is 322 g/mol. The molecule has 20 heavy (non-hydrogen) atoms. The fourth-order valence-corrected chi connectivity index (χ4v) is 3.25. The van der Waals surface area contributed by atoms with Crippen LogP contribution in [0, 0.1) is 5.82 Å². The summed E-state index contributed by atoms with van der Waals surface area (Å²) in [6.45, 7) is -0.852. The highest BCUT2D eigenvalue weighted by Crippen LogP contribution is 2.25. The molecule has 1 aromatic carbocycles. The molecule has 3 nitrogen and oxygen atoms in total. The highest BCUT2D eigenvalue weighted by atomic mass is 35.5. The van der Waals surface area contributed by atoms with E-state index in [-0.39, 0.29) is 10.2 Å². The summed E-state index contributed by atoms with van der Waals surface area (Å²) in [5, 5.41) is 0. The molecule has 0 aromatic heterocycles. The molecule has 0 saturated carbocycles. The van der Waals surface area contributed by atoms with Crippen LogP contribution in [0.25, 0.3) is 0 Å². The van der Waals surface area contributed by atoms with Crippen LogP contribution in [0.15, 0.2) is 23.1 Å². The van der Waals surface area contributed by atoms with Gasteiger partial charge in [0.1, 0.15) is 17.3 Å². The lowest BCUT2D eigenvalue weighted by atomic mass is 10.2. The topological polar surface area (TPSA) is 37.4 Å². The third-order valence-corrected chi connectivity index (χ3v) is 4.72. The van der Waals surface area contributed by atoms with E-state index in [1.165, 1.54) is 13.0 Å². The molecule has 1 aromatic rings. The summed E-state index contributed by atoms with van der Waals surface area (Å²) >= 11 is 5.51. The number of benzene rings is 1. The SMILES string of the molecule is CCN(CC(F)(F)F)S(=O)(=O)c1cc(CCl)ccc1F. The van der Waals surface area contributed by atoms with Gasteiger partial charge in [-0.15, -0.1) is 11.6 Å². The van der Waals surface area contributed by atoms with Gasteiger partial charge in [-0.3, -0.25) is 0 Å². The lowest BCUT2D eigenvalue weighted by molar-refractivity contribution is -0.135. The summed E-state index contributed by atoms with van der Waals surface area (Å²) in [5.41, 5.74) is 0.301. The Morgan fingerprint density at radius 2 is 1.90 bits per heavy atom. The first kappa shape index (κ1) is 17.2. The van der Waals surface area contributed by atoms with E-state index in [2.05, 4.69) is 0 Å². The Labute approximate surface area is 119 Å². The lowest BCUT2D eigenvalue weighted by Crippen LogP contribution is -2.39. The monoisotopic (exact) mass is 333 g/mol. The van der Waals surface area contributed by atoms with Crippen molar-refractivity contribution in [1.29, 1.82) is 0 Å². The van der Waals surface area contributed by atoms with Crippen molar-refractivity contribution in [2.75, 3.05) is 13.1 Å². The van der Waals surface area contributed by atoms with Crippen LogP contribution in [-0.2, 0) is 15.9 Å². The maximum Gasteiger partial charge on any atom is 0.402 e. The van der Waals surface area contributed by atoms with Crippen molar-refractivity contribution in [3.8, 4) is 0 Å². The van der Waals surface area contributed by atoms with Crippen LogP contribution in [0.1, 0.15) is 12.5 Å². The summed E-state index contributed by atoms with van der Waals surface area (Å²) < 4.78 is 75.0. The van der Waals surface area contributed by atoms with Crippen molar-refractivity contribution in [2.24, 2.45) is 0 Å². The zero-order valence-corrected chi connectivity index (χ0v) is 12.0.